The summed E-state index contributed by atoms with van der Waals surface area (Å²) in [7, 11) is -1.76. The van der Waals surface area contributed by atoms with Gasteiger partial charge in [-0.1, -0.05) is 53.3 Å². The minimum Gasteiger partial charge on any atom is -0.319 e. The van der Waals surface area contributed by atoms with Crippen LogP contribution in [0.15, 0.2) is 57.7 Å². The lowest BCUT2D eigenvalue weighted by atomic mass is 9.99. The van der Waals surface area contributed by atoms with Crippen LogP contribution in [0.3, 0.4) is 0 Å². The van der Waals surface area contributed by atoms with Crippen molar-refractivity contribution in [3.05, 3.63) is 57.7 Å². The molecule has 166 valence electrons. The number of aryl methyl sites for hydroxylation is 1. The van der Waals surface area contributed by atoms with Crippen LogP contribution in [-0.2, 0) is 21.9 Å². The monoisotopic (exact) mass is 505 g/mol. The largest absolute Gasteiger partial charge is 0.319 e. The molecule has 6 nitrogen and oxygen atoms in total. The molecule has 10 heteroatoms. The molecule has 4 aromatic rings. The zero-order valence-corrected chi connectivity index (χ0v) is 20.4. The summed E-state index contributed by atoms with van der Waals surface area (Å²) in [5.41, 5.74) is 1.02. The minimum atomic E-state index is -3.66. The third-order valence-corrected chi connectivity index (χ3v) is 10.5. The molecule has 3 heterocycles. The number of fused-ring (bicyclic) bond motifs is 3. The first-order valence-corrected chi connectivity index (χ1v) is 13.6. The summed E-state index contributed by atoms with van der Waals surface area (Å²) in [4.78, 5) is 18.1. The summed E-state index contributed by atoms with van der Waals surface area (Å²) < 4.78 is 30.9. The van der Waals surface area contributed by atoms with E-state index in [9.17, 15) is 13.2 Å². The fourth-order valence-electron chi connectivity index (χ4n) is 4.07. The Morgan fingerprint density at radius 1 is 1.12 bits per heavy atom. The van der Waals surface area contributed by atoms with Crippen LogP contribution in [0.5, 0.6) is 0 Å². The molecule has 1 aliphatic rings. The van der Waals surface area contributed by atoms with Gasteiger partial charge in [-0.05, 0) is 36.4 Å². The van der Waals surface area contributed by atoms with Crippen molar-refractivity contribution in [2.75, 3.05) is 13.1 Å². The zero-order valence-electron chi connectivity index (χ0n) is 17.2. The van der Waals surface area contributed by atoms with Crippen molar-refractivity contribution in [2.24, 2.45) is 18.0 Å². The SMILES string of the molecule is Cn1c(=NC(=O)C2CCCN(S(=O)(=O)c3ccc(Cl)s3)C2)sc2c3ccccc3ccc21. The van der Waals surface area contributed by atoms with E-state index in [1.807, 2.05) is 29.8 Å². The van der Waals surface area contributed by atoms with Crippen molar-refractivity contribution >= 4 is 71.2 Å². The number of aromatic nitrogens is 1. The molecule has 2 aromatic carbocycles. The Kier molecular flexibility index (Phi) is 5.71. The van der Waals surface area contributed by atoms with Crippen LogP contribution in [0.4, 0.5) is 0 Å². The molecule has 0 spiro atoms. The van der Waals surface area contributed by atoms with Crippen molar-refractivity contribution in [3.63, 3.8) is 0 Å². The predicted octanol–water partition coefficient (Wildman–Crippen LogP) is 4.64. The Morgan fingerprint density at radius 2 is 1.94 bits per heavy atom. The molecule has 2 aromatic heterocycles. The van der Waals surface area contributed by atoms with Crippen LogP contribution >= 0.6 is 34.3 Å². The highest BCUT2D eigenvalue weighted by Gasteiger charge is 2.34. The Morgan fingerprint density at radius 3 is 2.72 bits per heavy atom. The van der Waals surface area contributed by atoms with Gasteiger partial charge < -0.3 is 4.57 Å². The topological polar surface area (TPSA) is 71.7 Å². The van der Waals surface area contributed by atoms with E-state index in [-0.39, 0.29) is 16.7 Å². The molecule has 5 rings (SSSR count). The van der Waals surface area contributed by atoms with Gasteiger partial charge in [-0.25, -0.2) is 8.42 Å². The van der Waals surface area contributed by atoms with Gasteiger partial charge in [0.1, 0.15) is 4.21 Å². The van der Waals surface area contributed by atoms with Gasteiger partial charge in [0.05, 0.1) is 20.5 Å². The lowest BCUT2D eigenvalue weighted by Crippen LogP contribution is -2.42. The molecular weight excluding hydrogens is 486 g/mol. The maximum absolute atomic E-state index is 13.1. The van der Waals surface area contributed by atoms with Crippen molar-refractivity contribution in [2.45, 2.75) is 17.1 Å². The molecule has 32 heavy (non-hydrogen) atoms. The Balaban J connectivity index is 1.46. The van der Waals surface area contributed by atoms with Gasteiger partial charge in [0.15, 0.2) is 4.80 Å². The van der Waals surface area contributed by atoms with Gasteiger partial charge >= 0.3 is 0 Å². The molecule has 1 fully saturated rings. The lowest BCUT2D eigenvalue weighted by molar-refractivity contribution is -0.122. The molecule has 1 atom stereocenters. The molecule has 0 aliphatic carbocycles. The number of sulfonamides is 1. The Hall–Kier alpha value is -2.04. The van der Waals surface area contributed by atoms with Gasteiger partial charge in [0.2, 0.25) is 0 Å². The number of nitrogens with zero attached hydrogens (tertiary/aromatic N) is 3. The van der Waals surface area contributed by atoms with E-state index in [1.54, 1.807) is 6.07 Å². The molecule has 1 aliphatic heterocycles. The summed E-state index contributed by atoms with van der Waals surface area (Å²) in [6, 6.07) is 15.3. The number of amides is 1. The standard InChI is InChI=1S/C22H20ClN3O3S3/c1-25-17-9-8-14-5-2-3-7-16(14)20(17)31-22(25)24-21(27)15-6-4-12-26(13-15)32(28,29)19-11-10-18(23)30-19/h2-3,5,7-11,15H,4,6,12-13H2,1H3. The Bertz CT molecular complexity index is 1520. The van der Waals surface area contributed by atoms with Gasteiger partial charge in [-0.15, -0.1) is 11.3 Å². The van der Waals surface area contributed by atoms with Crippen LogP contribution in [0.1, 0.15) is 12.8 Å². The summed E-state index contributed by atoms with van der Waals surface area (Å²) in [6.07, 6.45) is 1.24. The normalized spacial score (nSPS) is 18.6. The maximum atomic E-state index is 13.1. The average molecular weight is 506 g/mol. The average Bonchev–Trinajstić information content (AvgIpc) is 3.38. The highest BCUT2D eigenvalue weighted by molar-refractivity contribution is 7.91. The van der Waals surface area contributed by atoms with Crippen molar-refractivity contribution in [1.82, 2.24) is 8.87 Å². The van der Waals surface area contributed by atoms with E-state index in [1.165, 1.54) is 21.7 Å². The number of hydrogen-bond donors (Lipinski definition) is 0. The fraction of sp³-hybridized carbons (Fsp3) is 0.273. The third kappa shape index (κ3) is 3.82. The maximum Gasteiger partial charge on any atom is 0.252 e. The number of thiazole rings is 1. The number of piperidine rings is 1. The smallest absolute Gasteiger partial charge is 0.252 e. The summed E-state index contributed by atoms with van der Waals surface area (Å²) >= 11 is 8.44. The van der Waals surface area contributed by atoms with Crippen molar-refractivity contribution in [3.8, 4) is 0 Å². The van der Waals surface area contributed by atoms with Gasteiger partial charge in [-0.2, -0.15) is 9.30 Å². The molecule has 0 saturated carbocycles. The Labute approximate surface area is 198 Å². The molecule has 0 radical (unpaired) electrons. The van der Waals surface area contributed by atoms with Crippen molar-refractivity contribution < 1.29 is 13.2 Å². The van der Waals surface area contributed by atoms with Gasteiger partial charge in [0.25, 0.3) is 15.9 Å². The number of hydrogen-bond acceptors (Lipinski definition) is 5. The van der Waals surface area contributed by atoms with Crippen LogP contribution < -0.4 is 4.80 Å². The first kappa shape index (κ1) is 21.8. The number of benzene rings is 2. The summed E-state index contributed by atoms with van der Waals surface area (Å²) in [5.74, 6) is -0.739. The van der Waals surface area contributed by atoms with Gasteiger partial charge in [0, 0.05) is 25.5 Å². The van der Waals surface area contributed by atoms with E-state index in [0.717, 1.165) is 32.3 Å². The van der Waals surface area contributed by atoms with E-state index < -0.39 is 15.9 Å². The molecule has 1 unspecified atom stereocenters. The number of carbonyl (C=O) groups is 1. The number of halogens is 1. The van der Waals surface area contributed by atoms with Crippen LogP contribution in [-0.4, -0.2) is 36.3 Å². The minimum absolute atomic E-state index is 0.137. The summed E-state index contributed by atoms with van der Waals surface area (Å²) in [6.45, 7) is 0.530. The first-order chi connectivity index (χ1) is 15.3. The number of thiophene rings is 1. The second kappa shape index (κ2) is 8.39. The molecule has 1 amide bonds. The van der Waals surface area contributed by atoms with Gasteiger partial charge in [-0.3, -0.25) is 4.79 Å². The summed E-state index contributed by atoms with van der Waals surface area (Å²) in [5, 5.41) is 2.27. The van der Waals surface area contributed by atoms with E-state index in [0.29, 0.717) is 28.5 Å². The predicted molar refractivity (Wildman–Crippen MR) is 130 cm³/mol. The fourth-order valence-corrected chi connectivity index (χ4v) is 8.39. The molecule has 0 bridgehead atoms. The van der Waals surface area contributed by atoms with Crippen molar-refractivity contribution in [1.29, 1.82) is 0 Å². The quantitative estimate of drug-likeness (QED) is 0.407. The number of rotatable bonds is 3. The molecule has 0 N–H and O–H groups in total. The first-order valence-electron chi connectivity index (χ1n) is 10.2. The van der Waals surface area contributed by atoms with Crippen LogP contribution in [0, 0.1) is 5.92 Å². The van der Waals surface area contributed by atoms with Crippen LogP contribution in [0.25, 0.3) is 21.0 Å². The highest BCUT2D eigenvalue weighted by atomic mass is 35.5. The second-order valence-corrected chi connectivity index (χ2v) is 12.6. The van der Waals surface area contributed by atoms with E-state index in [2.05, 4.69) is 23.2 Å². The second-order valence-electron chi connectivity index (χ2n) is 7.79. The lowest BCUT2D eigenvalue weighted by Gasteiger charge is -2.29. The van der Waals surface area contributed by atoms with E-state index in [4.69, 9.17) is 11.6 Å². The number of carbonyl (C=O) groups excluding carboxylic acids is 1. The third-order valence-electron chi connectivity index (χ3n) is 5.78. The highest BCUT2D eigenvalue weighted by Crippen LogP contribution is 2.31. The van der Waals surface area contributed by atoms with Crippen LogP contribution in [0.2, 0.25) is 4.34 Å². The van der Waals surface area contributed by atoms with E-state index >= 15 is 0 Å². The molecule has 1 saturated heterocycles. The zero-order chi connectivity index (χ0) is 22.5. The molecular formula is C22H20ClN3O3S3.